The summed E-state index contributed by atoms with van der Waals surface area (Å²) in [6.07, 6.45) is 4.10. The van der Waals surface area contributed by atoms with E-state index in [1.807, 2.05) is 6.07 Å². The highest BCUT2D eigenvalue weighted by atomic mass is 32.2. The first kappa shape index (κ1) is 21.5. The third kappa shape index (κ3) is 4.62. The number of hydrogen-bond acceptors (Lipinski definition) is 6. The minimum absolute atomic E-state index is 0.0546. The van der Waals surface area contributed by atoms with Gasteiger partial charge in [-0.05, 0) is 73.2 Å². The Morgan fingerprint density at radius 1 is 0.871 bits per heavy atom. The molecule has 0 radical (unpaired) electrons. The Morgan fingerprint density at radius 3 is 2.35 bits per heavy atom. The van der Waals surface area contributed by atoms with Crippen LogP contribution in [0.5, 0.6) is 0 Å². The van der Waals surface area contributed by atoms with Crippen LogP contribution in [0.4, 0.5) is 5.69 Å². The van der Waals surface area contributed by atoms with Crippen molar-refractivity contribution in [1.29, 1.82) is 0 Å². The van der Waals surface area contributed by atoms with Gasteiger partial charge in [0, 0.05) is 11.3 Å². The van der Waals surface area contributed by atoms with Crippen LogP contribution in [-0.2, 0) is 32.7 Å². The molecule has 7 nitrogen and oxygen atoms in total. The van der Waals surface area contributed by atoms with E-state index in [2.05, 4.69) is 14.9 Å². The molecule has 0 spiro atoms. The average Bonchev–Trinajstić information content (AvgIpc) is 2.78. The largest absolute Gasteiger partial charge is 0.280 e. The molecular weight excluding hydrogens is 434 g/mol. The molecule has 1 aliphatic rings. The summed E-state index contributed by atoms with van der Waals surface area (Å²) < 4.78 is 52.3. The number of anilines is 1. The van der Waals surface area contributed by atoms with Gasteiger partial charge in [0.2, 0.25) is 0 Å². The van der Waals surface area contributed by atoms with Gasteiger partial charge in [-0.2, -0.15) is 0 Å². The molecule has 31 heavy (non-hydrogen) atoms. The fourth-order valence-corrected chi connectivity index (χ4v) is 5.46. The molecule has 0 unspecified atom stereocenters. The van der Waals surface area contributed by atoms with Crippen molar-refractivity contribution in [3.05, 3.63) is 65.7 Å². The van der Waals surface area contributed by atoms with Gasteiger partial charge >= 0.3 is 0 Å². The topological polar surface area (TPSA) is 106 Å². The van der Waals surface area contributed by atoms with Crippen LogP contribution < -0.4 is 4.72 Å². The summed E-state index contributed by atoms with van der Waals surface area (Å²) in [6.45, 7) is 1.54. The van der Waals surface area contributed by atoms with E-state index in [1.54, 1.807) is 49.4 Å². The van der Waals surface area contributed by atoms with Crippen LogP contribution >= 0.6 is 0 Å². The van der Waals surface area contributed by atoms with E-state index in [1.165, 1.54) is 11.6 Å². The lowest BCUT2D eigenvalue weighted by Gasteiger charge is -2.17. The number of nitrogens with zero attached hydrogens (tertiary/aromatic N) is 2. The Bertz CT molecular complexity index is 1320. The van der Waals surface area contributed by atoms with E-state index in [0.717, 1.165) is 31.2 Å². The molecule has 0 fully saturated rings. The van der Waals surface area contributed by atoms with Crippen LogP contribution in [-0.4, -0.2) is 32.8 Å². The standard InChI is InChI=1S/C22H23N3O4S2/c1-2-30(26,27)22-13-12-21(23-24-22)18-8-5-9-19(14-18)25-31(28,29)20-11-10-16-6-3-4-7-17(16)15-20/h5,8-15,25H,2-4,6-7H2,1H3. The van der Waals surface area contributed by atoms with Crippen LogP contribution in [0, 0.1) is 0 Å². The molecule has 0 atom stereocenters. The Hall–Kier alpha value is -2.78. The van der Waals surface area contributed by atoms with Crippen molar-refractivity contribution in [2.45, 2.75) is 42.5 Å². The normalized spacial score (nSPS) is 14.1. The number of benzene rings is 2. The number of sulfonamides is 1. The summed E-state index contributed by atoms with van der Waals surface area (Å²) >= 11 is 0. The highest BCUT2D eigenvalue weighted by molar-refractivity contribution is 7.92. The third-order valence-corrected chi connectivity index (χ3v) is 8.37. The van der Waals surface area contributed by atoms with Crippen LogP contribution in [0.3, 0.4) is 0 Å². The van der Waals surface area contributed by atoms with Crippen LogP contribution in [0.15, 0.2) is 64.5 Å². The van der Waals surface area contributed by atoms with Gasteiger partial charge in [-0.25, -0.2) is 16.8 Å². The van der Waals surface area contributed by atoms with E-state index in [-0.39, 0.29) is 15.7 Å². The summed E-state index contributed by atoms with van der Waals surface area (Å²) in [5.41, 5.74) is 3.78. The minimum atomic E-state index is -3.74. The van der Waals surface area contributed by atoms with Gasteiger partial charge in [-0.1, -0.05) is 25.1 Å². The molecule has 0 saturated carbocycles. The maximum Gasteiger partial charge on any atom is 0.261 e. The summed E-state index contributed by atoms with van der Waals surface area (Å²) in [5, 5.41) is 7.73. The van der Waals surface area contributed by atoms with Gasteiger partial charge < -0.3 is 0 Å². The van der Waals surface area contributed by atoms with Gasteiger partial charge in [-0.3, -0.25) is 4.72 Å². The van der Waals surface area contributed by atoms with E-state index in [0.29, 0.717) is 16.9 Å². The van der Waals surface area contributed by atoms with E-state index in [4.69, 9.17) is 0 Å². The van der Waals surface area contributed by atoms with E-state index < -0.39 is 19.9 Å². The molecule has 0 bridgehead atoms. The molecule has 1 heterocycles. The van der Waals surface area contributed by atoms with Crippen molar-refractivity contribution in [1.82, 2.24) is 10.2 Å². The Kier molecular flexibility index (Phi) is 5.81. The highest BCUT2D eigenvalue weighted by Crippen LogP contribution is 2.27. The number of sulfone groups is 1. The van der Waals surface area contributed by atoms with Gasteiger partial charge in [0.15, 0.2) is 14.9 Å². The molecule has 2 aromatic carbocycles. The van der Waals surface area contributed by atoms with Crippen LogP contribution in [0.25, 0.3) is 11.3 Å². The maximum absolute atomic E-state index is 12.9. The van der Waals surface area contributed by atoms with E-state index in [9.17, 15) is 16.8 Å². The number of hydrogen-bond donors (Lipinski definition) is 1. The molecule has 1 aromatic heterocycles. The van der Waals surface area contributed by atoms with Gasteiger partial charge in [-0.15, -0.1) is 10.2 Å². The monoisotopic (exact) mass is 457 g/mol. The average molecular weight is 458 g/mol. The van der Waals surface area contributed by atoms with Gasteiger partial charge in [0.1, 0.15) is 0 Å². The second-order valence-corrected chi connectivity index (χ2v) is 11.4. The first-order valence-electron chi connectivity index (χ1n) is 10.1. The van der Waals surface area contributed by atoms with Crippen molar-refractivity contribution in [3.63, 3.8) is 0 Å². The number of aryl methyl sites for hydroxylation is 2. The summed E-state index contributed by atoms with van der Waals surface area (Å²) in [6, 6.07) is 15.1. The summed E-state index contributed by atoms with van der Waals surface area (Å²) in [5.74, 6) is -0.0546. The zero-order valence-electron chi connectivity index (χ0n) is 17.1. The zero-order valence-corrected chi connectivity index (χ0v) is 18.7. The fourth-order valence-electron chi connectivity index (χ4n) is 3.62. The maximum atomic E-state index is 12.9. The molecule has 162 valence electrons. The molecule has 9 heteroatoms. The first-order valence-corrected chi connectivity index (χ1v) is 13.2. The van der Waals surface area contributed by atoms with Crippen molar-refractivity contribution in [2.75, 3.05) is 10.5 Å². The van der Waals surface area contributed by atoms with Crippen LogP contribution in [0.2, 0.25) is 0 Å². The number of nitrogens with one attached hydrogen (secondary N) is 1. The van der Waals surface area contributed by atoms with E-state index >= 15 is 0 Å². The second kappa shape index (κ2) is 8.39. The quantitative estimate of drug-likeness (QED) is 0.606. The number of aromatic nitrogens is 2. The lowest BCUT2D eigenvalue weighted by Crippen LogP contribution is -2.14. The predicted molar refractivity (Wildman–Crippen MR) is 119 cm³/mol. The molecule has 0 amide bonds. The lowest BCUT2D eigenvalue weighted by molar-refractivity contribution is 0.591. The Balaban J connectivity index is 1.59. The van der Waals surface area contributed by atoms with Crippen molar-refractivity contribution in [2.24, 2.45) is 0 Å². The number of rotatable bonds is 6. The van der Waals surface area contributed by atoms with Gasteiger partial charge in [0.25, 0.3) is 10.0 Å². The Labute approximate surface area is 182 Å². The van der Waals surface area contributed by atoms with Crippen molar-refractivity contribution in [3.8, 4) is 11.3 Å². The molecular formula is C22H23N3O4S2. The smallest absolute Gasteiger partial charge is 0.261 e. The van der Waals surface area contributed by atoms with Crippen molar-refractivity contribution < 1.29 is 16.8 Å². The molecule has 0 saturated heterocycles. The zero-order chi connectivity index (χ0) is 22.1. The molecule has 1 aliphatic carbocycles. The van der Waals surface area contributed by atoms with Crippen molar-refractivity contribution >= 4 is 25.5 Å². The summed E-state index contributed by atoms with van der Waals surface area (Å²) in [4.78, 5) is 0.243. The Morgan fingerprint density at radius 2 is 1.65 bits per heavy atom. The highest BCUT2D eigenvalue weighted by Gasteiger charge is 2.19. The predicted octanol–water partition coefficient (Wildman–Crippen LogP) is 3.62. The summed E-state index contributed by atoms with van der Waals surface area (Å²) in [7, 11) is -7.17. The minimum Gasteiger partial charge on any atom is -0.280 e. The SMILES string of the molecule is CCS(=O)(=O)c1ccc(-c2cccc(NS(=O)(=O)c3ccc4c(c3)CCCC4)c2)nn1. The lowest BCUT2D eigenvalue weighted by atomic mass is 9.92. The van der Waals surface area contributed by atoms with Crippen LogP contribution in [0.1, 0.15) is 30.9 Å². The fraction of sp³-hybridized carbons (Fsp3) is 0.273. The third-order valence-electron chi connectivity index (χ3n) is 5.38. The molecule has 0 aliphatic heterocycles. The number of fused-ring (bicyclic) bond motifs is 1. The second-order valence-electron chi connectivity index (χ2n) is 7.48. The molecule has 3 aromatic rings. The molecule has 1 N–H and O–H groups in total. The first-order chi connectivity index (χ1) is 14.8. The van der Waals surface area contributed by atoms with Gasteiger partial charge in [0.05, 0.1) is 16.3 Å². The molecule has 4 rings (SSSR count).